The summed E-state index contributed by atoms with van der Waals surface area (Å²) in [4.78, 5) is 23.5. The third kappa shape index (κ3) is 5.41. The monoisotopic (exact) mass is 404 g/mol. The minimum Gasteiger partial charge on any atom is -0.463 e. The molecule has 0 radical (unpaired) electrons. The van der Waals surface area contributed by atoms with Crippen molar-refractivity contribution in [3.8, 4) is 0 Å². The lowest BCUT2D eigenvalue weighted by Gasteiger charge is -2.55. The van der Waals surface area contributed by atoms with Crippen LogP contribution in [0.5, 0.6) is 0 Å². The van der Waals surface area contributed by atoms with E-state index in [4.69, 9.17) is 14.2 Å². The predicted octanol–water partition coefficient (Wildman–Crippen LogP) is 2.98. The zero-order valence-corrected chi connectivity index (χ0v) is 16.4. The minimum absolute atomic E-state index is 0.0200. The first-order chi connectivity index (χ1) is 13.3. The topological polar surface area (TPSA) is 71.1 Å². The third-order valence-electron chi connectivity index (χ3n) is 6.12. The Kier molecular flexibility index (Phi) is 6.91. The van der Waals surface area contributed by atoms with Crippen molar-refractivity contribution in [1.29, 1.82) is 0 Å². The molecule has 0 unspecified atom stereocenters. The van der Waals surface area contributed by atoms with Crippen molar-refractivity contribution in [2.75, 3.05) is 39.6 Å². The lowest BCUT2D eigenvalue weighted by molar-refractivity contribution is -0.173. The first kappa shape index (κ1) is 21.4. The molecule has 4 bridgehead atoms. The van der Waals surface area contributed by atoms with Crippen LogP contribution >= 0.6 is 0 Å². The molecule has 4 rings (SSSR count). The van der Waals surface area contributed by atoms with Crippen molar-refractivity contribution in [2.45, 2.75) is 51.4 Å². The Balaban J connectivity index is 1.20. The molecule has 0 saturated heterocycles. The Hall–Kier alpha value is -1.28. The van der Waals surface area contributed by atoms with Gasteiger partial charge >= 0.3 is 17.9 Å². The number of esters is 2. The Bertz CT molecular complexity index is 524. The highest BCUT2D eigenvalue weighted by molar-refractivity contribution is 5.77. The van der Waals surface area contributed by atoms with Crippen LogP contribution in [0.3, 0.4) is 0 Å². The Morgan fingerprint density at radius 1 is 0.821 bits per heavy atom. The summed E-state index contributed by atoms with van der Waals surface area (Å²) >= 11 is 0. The third-order valence-corrected chi connectivity index (χ3v) is 6.12. The molecule has 0 heterocycles. The molecule has 4 fully saturated rings. The maximum Gasteiger partial charge on any atom is 0.376 e. The standard InChI is InChI=1S/C20H30F2O6/c1-19(21,22)17(23)27-6-4-25-2-3-26-5-7-28-18(24)20-11-14-8-15(12-20)10-16(9-14)13-20/h14-16H,2-13H2,1H3. The highest BCUT2D eigenvalue weighted by Crippen LogP contribution is 2.60. The molecule has 0 amide bonds. The van der Waals surface area contributed by atoms with E-state index in [2.05, 4.69) is 4.74 Å². The van der Waals surface area contributed by atoms with Gasteiger partial charge in [-0.15, -0.1) is 0 Å². The molecule has 0 aromatic carbocycles. The van der Waals surface area contributed by atoms with E-state index in [1.807, 2.05) is 0 Å². The van der Waals surface area contributed by atoms with Crippen LogP contribution in [0.1, 0.15) is 45.4 Å². The van der Waals surface area contributed by atoms with Gasteiger partial charge in [-0.1, -0.05) is 0 Å². The fourth-order valence-electron chi connectivity index (χ4n) is 5.35. The van der Waals surface area contributed by atoms with Crippen molar-refractivity contribution >= 4 is 11.9 Å². The first-order valence-corrected chi connectivity index (χ1v) is 10.2. The Morgan fingerprint density at radius 2 is 1.25 bits per heavy atom. The van der Waals surface area contributed by atoms with Crippen LogP contribution in [0.4, 0.5) is 8.78 Å². The maximum atomic E-state index is 12.6. The van der Waals surface area contributed by atoms with E-state index >= 15 is 0 Å². The number of carbonyl (C=O) groups is 2. The van der Waals surface area contributed by atoms with E-state index in [1.54, 1.807) is 0 Å². The van der Waals surface area contributed by atoms with Crippen LogP contribution in [0.2, 0.25) is 0 Å². The van der Waals surface area contributed by atoms with Crippen molar-refractivity contribution in [1.82, 2.24) is 0 Å². The summed E-state index contributed by atoms with van der Waals surface area (Å²) in [6, 6.07) is 0. The summed E-state index contributed by atoms with van der Waals surface area (Å²) < 4.78 is 45.5. The summed E-state index contributed by atoms with van der Waals surface area (Å²) in [5.41, 5.74) is -0.245. The molecule has 0 atom stereocenters. The van der Waals surface area contributed by atoms with Crippen LogP contribution in [-0.2, 0) is 28.5 Å². The molecule has 0 aromatic heterocycles. The average molecular weight is 404 g/mol. The van der Waals surface area contributed by atoms with Crippen LogP contribution in [0.25, 0.3) is 0 Å². The van der Waals surface area contributed by atoms with Crippen LogP contribution in [-0.4, -0.2) is 57.5 Å². The number of ether oxygens (including phenoxy) is 4. The van der Waals surface area contributed by atoms with Gasteiger partial charge in [0.2, 0.25) is 0 Å². The number of hydrogen-bond acceptors (Lipinski definition) is 6. The van der Waals surface area contributed by atoms with Gasteiger partial charge in [0.25, 0.3) is 0 Å². The number of halogens is 2. The zero-order valence-electron chi connectivity index (χ0n) is 16.4. The van der Waals surface area contributed by atoms with Gasteiger partial charge in [0, 0.05) is 6.92 Å². The van der Waals surface area contributed by atoms with E-state index in [9.17, 15) is 18.4 Å². The van der Waals surface area contributed by atoms with Gasteiger partial charge in [0.05, 0.1) is 31.8 Å². The molecule has 6 nitrogen and oxygen atoms in total. The highest BCUT2D eigenvalue weighted by atomic mass is 19.3. The van der Waals surface area contributed by atoms with Gasteiger partial charge in [0.1, 0.15) is 13.2 Å². The molecule has 0 spiro atoms. The first-order valence-electron chi connectivity index (χ1n) is 10.2. The molecule has 4 saturated carbocycles. The minimum atomic E-state index is -3.49. The lowest BCUT2D eigenvalue weighted by Crippen LogP contribution is -2.50. The van der Waals surface area contributed by atoms with Crippen LogP contribution < -0.4 is 0 Å². The van der Waals surface area contributed by atoms with Crippen LogP contribution in [0, 0.1) is 23.2 Å². The van der Waals surface area contributed by atoms with Crippen molar-refractivity contribution < 1.29 is 37.3 Å². The van der Waals surface area contributed by atoms with Gasteiger partial charge in [-0.3, -0.25) is 4.79 Å². The largest absolute Gasteiger partial charge is 0.463 e. The van der Waals surface area contributed by atoms with Gasteiger partial charge in [-0.2, -0.15) is 8.78 Å². The maximum absolute atomic E-state index is 12.6. The zero-order chi connectivity index (χ0) is 20.2. The summed E-state index contributed by atoms with van der Waals surface area (Å²) in [5.74, 6) is -2.99. The van der Waals surface area contributed by atoms with E-state index < -0.39 is 11.9 Å². The van der Waals surface area contributed by atoms with E-state index in [0.717, 1.165) is 19.3 Å². The van der Waals surface area contributed by atoms with Crippen molar-refractivity contribution in [2.24, 2.45) is 23.2 Å². The van der Waals surface area contributed by atoms with E-state index in [0.29, 0.717) is 31.3 Å². The average Bonchev–Trinajstić information content (AvgIpc) is 2.60. The van der Waals surface area contributed by atoms with Gasteiger partial charge < -0.3 is 18.9 Å². The second-order valence-corrected chi connectivity index (χ2v) is 8.58. The summed E-state index contributed by atoms with van der Waals surface area (Å²) in [7, 11) is 0. The fraction of sp³-hybridized carbons (Fsp3) is 0.900. The molecule has 0 N–H and O–H groups in total. The van der Waals surface area contributed by atoms with E-state index in [-0.39, 0.29) is 44.4 Å². The smallest absolute Gasteiger partial charge is 0.376 e. The highest BCUT2D eigenvalue weighted by Gasteiger charge is 2.55. The van der Waals surface area contributed by atoms with Gasteiger partial charge in [-0.25, -0.2) is 4.79 Å². The lowest BCUT2D eigenvalue weighted by atomic mass is 9.49. The molecule has 160 valence electrons. The SMILES string of the molecule is CC(F)(F)C(=O)OCCOCCOCCOC(=O)C12CC3CC(CC(C3)C1)C2. The number of hydrogen-bond donors (Lipinski definition) is 0. The summed E-state index contributed by atoms with van der Waals surface area (Å²) in [5, 5.41) is 0. The van der Waals surface area contributed by atoms with Crippen molar-refractivity contribution in [3.05, 3.63) is 0 Å². The fourth-order valence-corrected chi connectivity index (χ4v) is 5.35. The number of carbonyl (C=O) groups excluding carboxylic acids is 2. The number of rotatable bonds is 11. The van der Waals surface area contributed by atoms with Gasteiger partial charge in [-0.05, 0) is 56.3 Å². The quantitative estimate of drug-likeness (QED) is 0.390. The normalized spacial score (nSPS) is 31.0. The molecule has 4 aliphatic rings. The molecule has 0 aliphatic heterocycles. The number of alkyl halides is 2. The predicted molar refractivity (Wildman–Crippen MR) is 94.8 cm³/mol. The van der Waals surface area contributed by atoms with Gasteiger partial charge in [0.15, 0.2) is 0 Å². The second kappa shape index (κ2) is 9.03. The van der Waals surface area contributed by atoms with Crippen molar-refractivity contribution in [3.63, 3.8) is 0 Å². The Labute approximate surface area is 164 Å². The Morgan fingerprint density at radius 3 is 1.71 bits per heavy atom. The van der Waals surface area contributed by atoms with Crippen LogP contribution in [0.15, 0.2) is 0 Å². The van der Waals surface area contributed by atoms with E-state index in [1.165, 1.54) is 19.3 Å². The molecule has 0 aromatic rings. The summed E-state index contributed by atoms with van der Waals surface area (Å²) in [6.07, 6.45) is 6.82. The summed E-state index contributed by atoms with van der Waals surface area (Å²) in [6.45, 7) is 1.31. The molecule has 8 heteroatoms. The second-order valence-electron chi connectivity index (χ2n) is 8.58. The molecule has 4 aliphatic carbocycles. The molecule has 28 heavy (non-hydrogen) atoms. The molecular formula is C20H30F2O6. The molecular weight excluding hydrogens is 374 g/mol.